The summed E-state index contributed by atoms with van der Waals surface area (Å²) in [6, 6.07) is 21.9. The highest BCUT2D eigenvalue weighted by Gasteiger charge is 2.78. The summed E-state index contributed by atoms with van der Waals surface area (Å²) in [5, 5.41) is 0. The number of hydrogen-bond acceptors (Lipinski definition) is 0. The van der Waals surface area contributed by atoms with Crippen molar-refractivity contribution in [2.75, 3.05) is 0 Å². The van der Waals surface area contributed by atoms with Gasteiger partial charge in [0.25, 0.3) is 0 Å². The third-order valence-electron chi connectivity index (χ3n) is 17.0. The molecular formula is C51H75Cl2P3+2. The van der Waals surface area contributed by atoms with Crippen LogP contribution in [0, 0.1) is 0 Å². The highest BCUT2D eigenvalue weighted by atomic mass is 35.5. The van der Waals surface area contributed by atoms with Gasteiger partial charge in [0.2, 0.25) is 7.30 Å². The Morgan fingerprint density at radius 1 is 0.429 bits per heavy atom. The van der Waals surface area contributed by atoms with Crippen LogP contribution in [0.3, 0.4) is 0 Å². The average Bonchev–Trinajstić information content (AvgIpc) is 3.65. The van der Waals surface area contributed by atoms with Crippen LogP contribution in [0.1, 0.15) is 209 Å². The molecule has 2 aromatic carbocycles. The number of rotatable bonds is 10. The summed E-state index contributed by atoms with van der Waals surface area (Å²) < 4.78 is -0.517. The molecule has 0 amide bonds. The lowest BCUT2D eigenvalue weighted by Crippen LogP contribution is -2.41. The van der Waals surface area contributed by atoms with Crippen molar-refractivity contribution in [2.45, 2.75) is 230 Å². The van der Waals surface area contributed by atoms with E-state index in [0.717, 1.165) is 46.8 Å². The van der Waals surface area contributed by atoms with Crippen molar-refractivity contribution in [3.05, 3.63) is 77.4 Å². The first-order chi connectivity index (χ1) is 27.5. The van der Waals surface area contributed by atoms with Crippen LogP contribution < -0.4 is 0 Å². The maximum atomic E-state index is 7.26. The lowest BCUT2D eigenvalue weighted by Gasteiger charge is -2.60. The standard InChI is InChI=1S/C51H75Cl2P3/c52-51(53)37-35-46(36-38-51)56(44-29-15-5-16-30-44,45-31-17-6-18-32-45)54(50-39-49(40-21-7-1-8-22-40)47-33-19-20-34-48(47)50)55(41-23-9-2-10-24-41,42-25-11-3-12-26-42)43-27-13-4-14-28-43/h1,7-8,19-22,33-34,39,41-46,50H,2-6,9-18,23-32,35-38H2/q+2. The lowest BCUT2D eigenvalue weighted by molar-refractivity contribution is 0.447. The van der Waals surface area contributed by atoms with Crippen LogP contribution in [0.25, 0.3) is 5.57 Å². The Morgan fingerprint density at radius 3 is 1.20 bits per heavy atom. The van der Waals surface area contributed by atoms with Gasteiger partial charge in [-0.2, -0.15) is 0 Å². The summed E-state index contributed by atoms with van der Waals surface area (Å²) in [6.45, 7) is -3.09. The molecular weight excluding hydrogens is 776 g/mol. The highest BCUT2D eigenvalue weighted by Crippen LogP contribution is 3.15. The Morgan fingerprint density at radius 2 is 0.786 bits per heavy atom. The van der Waals surface area contributed by atoms with Gasteiger partial charge in [-0.25, -0.2) is 0 Å². The summed E-state index contributed by atoms with van der Waals surface area (Å²) in [7, 11) is -0.269. The van der Waals surface area contributed by atoms with Crippen LogP contribution in [0.2, 0.25) is 0 Å². The van der Waals surface area contributed by atoms with Crippen LogP contribution in [0.15, 0.2) is 60.7 Å². The number of halogens is 2. The SMILES string of the molecule is ClC1(Cl)CCC([P+](C2CCCCC2)(C2CCCCC2)P(C2C=C(c3ccccc3)c3ccccc32)[P+](C2CCCCC2)(C2CCCCC2)C2CCCCC2)CC1. The van der Waals surface area contributed by atoms with Crippen LogP contribution in [0.5, 0.6) is 0 Å². The molecule has 0 aliphatic heterocycles. The monoisotopic (exact) mass is 850 g/mol. The van der Waals surface area contributed by atoms with E-state index in [-0.39, 0.29) is 7.30 Å². The Bertz CT molecular complexity index is 1520. The zero-order valence-corrected chi connectivity index (χ0v) is 39.1. The molecule has 0 radical (unpaired) electrons. The van der Waals surface area contributed by atoms with Crippen molar-refractivity contribution in [1.82, 2.24) is 0 Å². The van der Waals surface area contributed by atoms with Crippen LogP contribution in [-0.4, -0.2) is 38.3 Å². The minimum atomic E-state index is -1.58. The minimum Gasteiger partial charge on any atom is -0.102 e. The Kier molecular flexibility index (Phi) is 13.7. The normalized spacial score (nSPS) is 27.8. The summed E-state index contributed by atoms with van der Waals surface area (Å²) in [5.74, 6) is 0. The fraction of sp³-hybridized carbons (Fsp3) is 0.725. The lowest BCUT2D eigenvalue weighted by atomic mass is 9.98. The molecule has 0 saturated heterocycles. The first kappa shape index (κ1) is 41.4. The van der Waals surface area contributed by atoms with Gasteiger partial charge in [0.05, 0.1) is 53.5 Å². The van der Waals surface area contributed by atoms with E-state index < -0.39 is 18.2 Å². The van der Waals surface area contributed by atoms with E-state index in [9.17, 15) is 0 Å². The van der Waals surface area contributed by atoms with Crippen molar-refractivity contribution < 1.29 is 0 Å². The number of alkyl halides is 2. The molecule has 7 aliphatic rings. The van der Waals surface area contributed by atoms with Gasteiger partial charge in [-0.1, -0.05) is 92.8 Å². The molecule has 0 nitrogen and oxygen atoms in total. The molecule has 7 aliphatic carbocycles. The molecule has 0 aromatic heterocycles. The number of benzene rings is 2. The zero-order chi connectivity index (χ0) is 38.0. The van der Waals surface area contributed by atoms with E-state index in [0.29, 0.717) is 5.66 Å². The predicted molar refractivity (Wildman–Crippen MR) is 255 cm³/mol. The molecule has 2 unspecified atom stereocenters. The molecule has 0 N–H and O–H groups in total. The van der Waals surface area contributed by atoms with E-state index in [1.165, 1.54) is 115 Å². The van der Waals surface area contributed by atoms with Crippen molar-refractivity contribution in [2.24, 2.45) is 0 Å². The van der Waals surface area contributed by atoms with E-state index in [1.807, 2.05) is 0 Å². The summed E-state index contributed by atoms with van der Waals surface area (Å²) >= 11 is 14.5. The largest absolute Gasteiger partial charge is 0.221 e. The fourth-order valence-corrected chi connectivity index (χ4v) is 58.3. The molecule has 2 atom stereocenters. The third-order valence-corrected chi connectivity index (χ3v) is 47.4. The average molecular weight is 852 g/mol. The highest BCUT2D eigenvalue weighted by molar-refractivity contribution is 8.70. The van der Waals surface area contributed by atoms with Gasteiger partial charge in [-0.15, -0.1) is 23.2 Å². The summed E-state index contributed by atoms with van der Waals surface area (Å²) in [5.41, 5.74) is 13.1. The summed E-state index contributed by atoms with van der Waals surface area (Å²) in [6.07, 6.45) is 46.0. The van der Waals surface area contributed by atoms with Crippen molar-refractivity contribution in [1.29, 1.82) is 0 Å². The van der Waals surface area contributed by atoms with E-state index in [1.54, 1.807) is 80.9 Å². The van der Waals surface area contributed by atoms with E-state index in [2.05, 4.69) is 60.7 Å². The second kappa shape index (κ2) is 18.6. The van der Waals surface area contributed by atoms with Crippen molar-refractivity contribution in [3.8, 4) is 0 Å². The number of hydrogen-bond donors (Lipinski definition) is 0. The first-order valence-corrected chi connectivity index (χ1v) is 31.9. The van der Waals surface area contributed by atoms with Gasteiger partial charge < -0.3 is 0 Å². The third kappa shape index (κ3) is 7.87. The van der Waals surface area contributed by atoms with E-state index >= 15 is 0 Å². The number of fused-ring (bicyclic) bond motifs is 1. The fourth-order valence-electron chi connectivity index (χ4n) is 14.8. The van der Waals surface area contributed by atoms with Crippen LogP contribution in [-0.2, 0) is 0 Å². The second-order valence-corrected chi connectivity index (χ2v) is 38.0. The quantitative estimate of drug-likeness (QED) is 0.165. The van der Waals surface area contributed by atoms with Gasteiger partial charge in [-0.3, -0.25) is 0 Å². The molecule has 0 spiro atoms. The molecule has 56 heavy (non-hydrogen) atoms. The summed E-state index contributed by atoms with van der Waals surface area (Å²) in [4.78, 5) is 0. The van der Waals surface area contributed by atoms with Gasteiger partial charge in [0, 0.05) is 0 Å². The van der Waals surface area contributed by atoms with Gasteiger partial charge >= 0.3 is 0 Å². The second-order valence-electron chi connectivity index (χ2n) is 19.9. The Balaban J connectivity index is 1.38. The molecule has 0 bridgehead atoms. The van der Waals surface area contributed by atoms with Crippen molar-refractivity contribution in [3.63, 3.8) is 0 Å². The molecule has 6 fully saturated rings. The molecule has 6 saturated carbocycles. The maximum Gasteiger partial charge on any atom is 0.221 e. The smallest absolute Gasteiger partial charge is 0.102 e. The zero-order valence-electron chi connectivity index (χ0n) is 34.9. The van der Waals surface area contributed by atoms with Gasteiger partial charge in [0.15, 0.2) is 0 Å². The molecule has 5 heteroatoms. The molecule has 9 rings (SSSR count). The Hall–Kier alpha value is 0.0500. The van der Waals surface area contributed by atoms with Gasteiger partial charge in [0.1, 0.15) is 4.33 Å². The minimum absolute atomic E-state index is 0.269. The molecule has 2 aromatic rings. The molecule has 0 heterocycles. The Labute approximate surface area is 355 Å². The van der Waals surface area contributed by atoms with Crippen molar-refractivity contribution >= 4 is 50.0 Å². The van der Waals surface area contributed by atoms with Crippen LogP contribution >= 0.6 is 44.4 Å². The first-order valence-electron chi connectivity index (χ1n) is 24.3. The topological polar surface area (TPSA) is 0 Å². The van der Waals surface area contributed by atoms with Gasteiger partial charge in [-0.05, 0) is 176 Å². The molecule has 306 valence electrons. The predicted octanol–water partition coefficient (Wildman–Crippen LogP) is 18.3. The van der Waals surface area contributed by atoms with E-state index in [4.69, 9.17) is 23.2 Å². The van der Waals surface area contributed by atoms with Crippen LogP contribution in [0.4, 0.5) is 0 Å². The maximum absolute atomic E-state index is 7.26. The number of allylic oxidation sites excluding steroid dienone is 1.